The van der Waals surface area contributed by atoms with Crippen molar-refractivity contribution in [2.45, 2.75) is 17.4 Å². The second kappa shape index (κ2) is 7.05. The van der Waals surface area contributed by atoms with Crippen LogP contribution in [0.5, 0.6) is 5.75 Å². The lowest BCUT2D eigenvalue weighted by Gasteiger charge is -2.20. The van der Waals surface area contributed by atoms with Crippen LogP contribution in [0.15, 0.2) is 64.5 Å². The molecule has 1 heterocycles. The van der Waals surface area contributed by atoms with E-state index in [0.717, 1.165) is 22.3 Å². The van der Waals surface area contributed by atoms with E-state index in [4.69, 9.17) is 9.73 Å². The van der Waals surface area contributed by atoms with E-state index in [1.165, 1.54) is 10.5 Å². The van der Waals surface area contributed by atoms with E-state index in [0.29, 0.717) is 6.04 Å². The quantitative estimate of drug-likeness (QED) is 0.793. The zero-order chi connectivity index (χ0) is 14.5. The monoisotopic (exact) mass is 315 g/mol. The molecule has 2 aromatic rings. The Morgan fingerprint density at radius 1 is 1.10 bits per heavy atom. The first-order valence-electron chi connectivity index (χ1n) is 6.92. The lowest BCUT2D eigenvalue weighted by Crippen LogP contribution is -2.06. The number of methoxy groups -OCH3 is 1. The van der Waals surface area contributed by atoms with E-state index in [9.17, 15) is 0 Å². The zero-order valence-electron chi connectivity index (χ0n) is 11.9. The molecule has 0 spiro atoms. The molecule has 2 nitrogen and oxygen atoms in total. The summed E-state index contributed by atoms with van der Waals surface area (Å²) in [6, 6.07) is 19.0. The highest BCUT2D eigenvalue weighted by Gasteiger charge is 2.17. The van der Waals surface area contributed by atoms with E-state index in [-0.39, 0.29) is 0 Å². The van der Waals surface area contributed by atoms with Gasteiger partial charge in [-0.1, -0.05) is 53.9 Å². The number of benzene rings is 2. The molecule has 0 N–H and O–H groups in total. The lowest BCUT2D eigenvalue weighted by molar-refractivity contribution is 0.414. The molecule has 0 aliphatic carbocycles. The highest BCUT2D eigenvalue weighted by molar-refractivity contribution is 8.38. The summed E-state index contributed by atoms with van der Waals surface area (Å²) < 4.78 is 6.34. The van der Waals surface area contributed by atoms with Gasteiger partial charge in [-0.15, -0.1) is 0 Å². The topological polar surface area (TPSA) is 21.6 Å². The minimum absolute atomic E-state index is 0.299. The van der Waals surface area contributed by atoms with Crippen molar-refractivity contribution >= 4 is 27.9 Å². The third kappa shape index (κ3) is 3.83. The Morgan fingerprint density at radius 2 is 1.86 bits per heavy atom. The van der Waals surface area contributed by atoms with E-state index in [1.807, 2.05) is 23.9 Å². The molecule has 4 heteroatoms. The Kier molecular flexibility index (Phi) is 4.88. The van der Waals surface area contributed by atoms with Gasteiger partial charge in [-0.3, -0.25) is 4.99 Å². The molecule has 0 bridgehead atoms. The van der Waals surface area contributed by atoms with Crippen LogP contribution >= 0.6 is 23.5 Å². The van der Waals surface area contributed by atoms with Crippen LogP contribution in [0.4, 0.5) is 0 Å². The van der Waals surface area contributed by atoms with E-state index in [2.05, 4.69) is 42.5 Å². The molecule has 108 valence electrons. The first-order chi connectivity index (χ1) is 10.3. The van der Waals surface area contributed by atoms with Crippen molar-refractivity contribution in [3.63, 3.8) is 0 Å². The van der Waals surface area contributed by atoms with Gasteiger partial charge in [0.2, 0.25) is 0 Å². The van der Waals surface area contributed by atoms with Crippen molar-refractivity contribution in [3.8, 4) is 5.75 Å². The zero-order valence-corrected chi connectivity index (χ0v) is 13.5. The van der Waals surface area contributed by atoms with Gasteiger partial charge < -0.3 is 4.74 Å². The Labute approximate surface area is 134 Å². The third-order valence-corrected chi connectivity index (χ3v) is 5.51. The Bertz CT molecular complexity index is 610. The van der Waals surface area contributed by atoms with Crippen molar-refractivity contribution in [2.24, 2.45) is 4.99 Å². The van der Waals surface area contributed by atoms with Crippen molar-refractivity contribution < 1.29 is 4.74 Å². The molecular formula is C17H17NOS2. The summed E-state index contributed by atoms with van der Waals surface area (Å²) in [6.07, 6.45) is 1.11. The summed E-state index contributed by atoms with van der Waals surface area (Å²) in [5.41, 5.74) is 1.31. The van der Waals surface area contributed by atoms with E-state index in [1.54, 1.807) is 18.9 Å². The van der Waals surface area contributed by atoms with Crippen LogP contribution in [-0.4, -0.2) is 17.2 Å². The number of rotatable bonds is 3. The smallest absolute Gasteiger partial charge is 0.130 e. The molecule has 0 saturated heterocycles. The summed E-state index contributed by atoms with van der Waals surface area (Å²) in [7, 11) is 1.69. The predicted octanol–water partition coefficient (Wildman–Crippen LogP) is 5.02. The van der Waals surface area contributed by atoms with E-state index >= 15 is 0 Å². The summed E-state index contributed by atoms with van der Waals surface area (Å²) in [4.78, 5) is 6.11. The average Bonchev–Trinajstić information content (AvgIpc) is 2.57. The molecule has 0 amide bonds. The predicted molar refractivity (Wildman–Crippen MR) is 92.5 cm³/mol. The van der Waals surface area contributed by atoms with Gasteiger partial charge in [0.1, 0.15) is 10.1 Å². The maximum atomic E-state index is 5.19. The van der Waals surface area contributed by atoms with Crippen LogP contribution in [0.2, 0.25) is 0 Å². The van der Waals surface area contributed by atoms with Crippen LogP contribution in [0.3, 0.4) is 0 Å². The molecule has 21 heavy (non-hydrogen) atoms. The second-order valence-electron chi connectivity index (χ2n) is 4.74. The first-order valence-corrected chi connectivity index (χ1v) is 8.73. The van der Waals surface area contributed by atoms with Crippen LogP contribution < -0.4 is 4.74 Å². The van der Waals surface area contributed by atoms with Gasteiger partial charge >= 0.3 is 0 Å². The highest BCUT2D eigenvalue weighted by Crippen LogP contribution is 2.36. The number of hydrogen-bond acceptors (Lipinski definition) is 4. The van der Waals surface area contributed by atoms with Crippen molar-refractivity contribution in [1.82, 2.24) is 0 Å². The molecule has 1 aliphatic heterocycles. The van der Waals surface area contributed by atoms with Gasteiger partial charge in [-0.2, -0.15) is 0 Å². The summed E-state index contributed by atoms with van der Waals surface area (Å²) >= 11 is 3.59. The Hall–Kier alpha value is -1.39. The van der Waals surface area contributed by atoms with E-state index < -0.39 is 0 Å². The Morgan fingerprint density at radius 3 is 2.57 bits per heavy atom. The second-order valence-corrected chi connectivity index (χ2v) is 7.14. The normalized spacial score (nSPS) is 18.1. The average molecular weight is 315 g/mol. The van der Waals surface area contributed by atoms with Gasteiger partial charge in [0.15, 0.2) is 0 Å². The molecule has 1 unspecified atom stereocenters. The van der Waals surface area contributed by atoms with Gasteiger partial charge in [0.05, 0.1) is 13.2 Å². The molecule has 0 fully saturated rings. The number of nitrogens with zero attached hydrogens (tertiary/aromatic N) is 1. The molecule has 1 atom stereocenters. The maximum Gasteiger partial charge on any atom is 0.130 e. The highest BCUT2D eigenvalue weighted by atomic mass is 32.2. The molecule has 0 saturated carbocycles. The van der Waals surface area contributed by atoms with Crippen molar-refractivity contribution in [2.75, 3.05) is 12.9 Å². The minimum atomic E-state index is 0.299. The van der Waals surface area contributed by atoms with Gasteiger partial charge in [0, 0.05) is 10.6 Å². The fourth-order valence-electron chi connectivity index (χ4n) is 2.20. The molecule has 3 rings (SSSR count). The van der Waals surface area contributed by atoms with Crippen LogP contribution in [0.1, 0.15) is 18.0 Å². The Balaban J connectivity index is 1.73. The fourth-order valence-corrected chi connectivity index (χ4v) is 4.35. The van der Waals surface area contributed by atoms with Gasteiger partial charge in [-0.05, 0) is 36.2 Å². The third-order valence-electron chi connectivity index (χ3n) is 3.33. The fraction of sp³-hybridized carbons (Fsp3) is 0.235. The first kappa shape index (κ1) is 14.5. The largest absolute Gasteiger partial charge is 0.497 e. The van der Waals surface area contributed by atoms with Crippen LogP contribution in [0, 0.1) is 0 Å². The summed E-state index contributed by atoms with van der Waals surface area (Å²) in [5, 5.41) is 0. The van der Waals surface area contributed by atoms with Crippen molar-refractivity contribution in [1.29, 1.82) is 0 Å². The lowest BCUT2D eigenvalue weighted by atomic mass is 10.1. The number of thioether (sulfide) groups is 2. The van der Waals surface area contributed by atoms with Crippen LogP contribution in [0.25, 0.3) is 0 Å². The SMILES string of the molecule is COc1ccc(SC2=NC(c3ccccc3)CCS2)cc1. The molecular weight excluding hydrogens is 298 g/mol. The molecule has 2 aromatic carbocycles. The molecule has 0 radical (unpaired) electrons. The standard InChI is InChI=1S/C17H17NOS2/c1-19-14-7-9-15(10-8-14)21-17-18-16(11-12-20-17)13-5-3-2-4-6-13/h2-10,16H,11-12H2,1H3. The molecule has 1 aliphatic rings. The number of ether oxygens (including phenoxy) is 1. The van der Waals surface area contributed by atoms with Gasteiger partial charge in [0.25, 0.3) is 0 Å². The van der Waals surface area contributed by atoms with Gasteiger partial charge in [-0.25, -0.2) is 0 Å². The van der Waals surface area contributed by atoms with Crippen molar-refractivity contribution in [3.05, 3.63) is 60.2 Å². The molecule has 0 aromatic heterocycles. The number of aliphatic imine (C=N–C) groups is 1. The summed E-state index contributed by atoms with van der Waals surface area (Å²) in [5.74, 6) is 2.02. The summed E-state index contributed by atoms with van der Waals surface area (Å²) in [6.45, 7) is 0. The number of hydrogen-bond donors (Lipinski definition) is 0. The maximum absolute atomic E-state index is 5.19. The van der Waals surface area contributed by atoms with Crippen LogP contribution in [-0.2, 0) is 0 Å². The minimum Gasteiger partial charge on any atom is -0.497 e.